The van der Waals surface area contributed by atoms with Crippen LogP contribution in [0.25, 0.3) is 22.5 Å². The number of hydrogen-bond donors (Lipinski definition) is 2. The van der Waals surface area contributed by atoms with E-state index in [2.05, 4.69) is 60.6 Å². The van der Waals surface area contributed by atoms with Gasteiger partial charge in [0.1, 0.15) is 0 Å². The Hall–Kier alpha value is -2.88. The summed E-state index contributed by atoms with van der Waals surface area (Å²) in [6.45, 7) is 7.22. The van der Waals surface area contributed by atoms with Gasteiger partial charge in [0.2, 0.25) is 0 Å². The molecule has 0 radical (unpaired) electrons. The van der Waals surface area contributed by atoms with Gasteiger partial charge in [0, 0.05) is 35.2 Å². The molecule has 4 rings (SSSR count). The fourth-order valence-electron chi connectivity index (χ4n) is 3.54. The molecule has 3 aromatic rings. The number of nitrogens with one attached hydrogen (secondary N) is 2. The van der Waals surface area contributed by atoms with Crippen LogP contribution in [0.1, 0.15) is 48.7 Å². The summed E-state index contributed by atoms with van der Waals surface area (Å²) in [5.41, 5.74) is 7.83. The highest BCUT2D eigenvalue weighted by atomic mass is 16.1. The molecule has 0 saturated carbocycles. The highest BCUT2D eigenvalue weighted by molar-refractivity contribution is 5.94. The van der Waals surface area contributed by atoms with Crippen molar-refractivity contribution in [1.29, 1.82) is 0 Å². The van der Waals surface area contributed by atoms with E-state index >= 15 is 0 Å². The molecule has 1 heterocycles. The lowest BCUT2D eigenvalue weighted by Gasteiger charge is -2.18. The van der Waals surface area contributed by atoms with Gasteiger partial charge in [0.15, 0.2) is 0 Å². The third-order valence-electron chi connectivity index (χ3n) is 5.10. The maximum atomic E-state index is 12.3. The number of benzene rings is 2. The van der Waals surface area contributed by atoms with Crippen molar-refractivity contribution < 1.29 is 4.79 Å². The Morgan fingerprint density at radius 2 is 1.85 bits per heavy atom. The van der Waals surface area contributed by atoms with E-state index in [1.165, 1.54) is 16.7 Å². The van der Waals surface area contributed by atoms with Crippen LogP contribution in [0, 0.1) is 5.41 Å². The van der Waals surface area contributed by atoms with E-state index in [1.54, 1.807) is 0 Å². The maximum absolute atomic E-state index is 12.3. The van der Waals surface area contributed by atoms with Crippen LogP contribution in [0.3, 0.4) is 0 Å². The first-order chi connectivity index (χ1) is 12.9. The minimum Gasteiger partial charge on any atom is -0.352 e. The summed E-state index contributed by atoms with van der Waals surface area (Å²) in [7, 11) is 0. The van der Waals surface area contributed by atoms with Gasteiger partial charge in [0.05, 0.1) is 11.4 Å². The molecule has 0 unspecified atom stereocenters. The average Bonchev–Trinajstić information content (AvgIpc) is 3.20. The second-order valence-electron chi connectivity index (χ2n) is 8.40. The summed E-state index contributed by atoms with van der Waals surface area (Å²) in [6, 6.07) is 16.2. The van der Waals surface area contributed by atoms with Crippen molar-refractivity contribution in [3.8, 4) is 22.5 Å². The van der Waals surface area contributed by atoms with Gasteiger partial charge in [-0.15, -0.1) is 0 Å². The molecule has 2 aromatic carbocycles. The molecule has 0 aliphatic heterocycles. The number of nitrogens with zero attached hydrogens (tertiary/aromatic N) is 1. The molecular formula is C23H25N3O. The van der Waals surface area contributed by atoms with Crippen LogP contribution in [0.5, 0.6) is 0 Å². The Morgan fingerprint density at radius 3 is 2.59 bits per heavy atom. The van der Waals surface area contributed by atoms with Crippen molar-refractivity contribution in [2.45, 2.75) is 33.6 Å². The van der Waals surface area contributed by atoms with Crippen LogP contribution in [0.15, 0.2) is 48.5 Å². The van der Waals surface area contributed by atoms with Crippen molar-refractivity contribution in [1.82, 2.24) is 15.5 Å². The summed E-state index contributed by atoms with van der Waals surface area (Å²) in [5, 5.41) is 10.7. The fraction of sp³-hybridized carbons (Fsp3) is 0.304. The lowest BCUT2D eigenvalue weighted by atomic mass is 9.92. The standard InChI is InChI=1S/C23H25N3O/c1-23(2,3)12-13-24-22(27)16-10-8-15(9-11-16)20-19-14-17-6-4-5-7-18(17)21(19)26-25-20/h4-11H,12-14H2,1-3H3,(H,24,27)(H,25,26). The van der Waals surface area contributed by atoms with Crippen LogP contribution in [-0.4, -0.2) is 22.6 Å². The molecule has 1 amide bonds. The summed E-state index contributed by atoms with van der Waals surface area (Å²) in [4.78, 5) is 12.3. The largest absolute Gasteiger partial charge is 0.352 e. The number of carbonyl (C=O) groups excluding carboxylic acids is 1. The predicted molar refractivity (Wildman–Crippen MR) is 109 cm³/mol. The number of aromatic amines is 1. The molecular weight excluding hydrogens is 334 g/mol. The number of amides is 1. The van der Waals surface area contributed by atoms with E-state index < -0.39 is 0 Å². The first-order valence-electron chi connectivity index (χ1n) is 9.46. The molecule has 0 saturated heterocycles. The minimum atomic E-state index is -0.0227. The zero-order chi connectivity index (χ0) is 19.0. The molecule has 1 aliphatic carbocycles. The zero-order valence-corrected chi connectivity index (χ0v) is 16.1. The normalized spacial score (nSPS) is 12.6. The van der Waals surface area contributed by atoms with Gasteiger partial charge in [-0.1, -0.05) is 57.2 Å². The van der Waals surface area contributed by atoms with Crippen LogP contribution >= 0.6 is 0 Å². The van der Waals surface area contributed by atoms with E-state index in [9.17, 15) is 4.79 Å². The molecule has 4 heteroatoms. The Labute approximate surface area is 160 Å². The average molecular weight is 359 g/mol. The molecule has 0 spiro atoms. The van der Waals surface area contributed by atoms with E-state index in [1.807, 2.05) is 24.3 Å². The minimum absolute atomic E-state index is 0.0227. The van der Waals surface area contributed by atoms with Crippen molar-refractivity contribution in [2.75, 3.05) is 6.54 Å². The first-order valence-corrected chi connectivity index (χ1v) is 9.46. The smallest absolute Gasteiger partial charge is 0.251 e. The van der Waals surface area contributed by atoms with Gasteiger partial charge in [-0.3, -0.25) is 9.89 Å². The highest BCUT2D eigenvalue weighted by Crippen LogP contribution is 2.39. The highest BCUT2D eigenvalue weighted by Gasteiger charge is 2.24. The predicted octanol–water partition coefficient (Wildman–Crippen LogP) is 4.81. The Bertz CT molecular complexity index is 978. The number of aromatic nitrogens is 2. The third kappa shape index (κ3) is 3.52. The zero-order valence-electron chi connectivity index (χ0n) is 16.1. The van der Waals surface area contributed by atoms with E-state index in [0.717, 1.165) is 29.8 Å². The third-order valence-corrected chi connectivity index (χ3v) is 5.10. The summed E-state index contributed by atoms with van der Waals surface area (Å²) >= 11 is 0. The van der Waals surface area contributed by atoms with Gasteiger partial charge in [0.25, 0.3) is 5.91 Å². The lowest BCUT2D eigenvalue weighted by molar-refractivity contribution is 0.0949. The van der Waals surface area contributed by atoms with Crippen LogP contribution in [0.4, 0.5) is 0 Å². The van der Waals surface area contributed by atoms with Crippen LogP contribution in [0.2, 0.25) is 0 Å². The molecule has 0 bridgehead atoms. The van der Waals surface area contributed by atoms with Crippen molar-refractivity contribution in [3.05, 3.63) is 65.2 Å². The first kappa shape index (κ1) is 17.5. The maximum Gasteiger partial charge on any atom is 0.251 e. The Balaban J connectivity index is 1.49. The monoisotopic (exact) mass is 359 g/mol. The lowest BCUT2D eigenvalue weighted by Crippen LogP contribution is -2.27. The molecule has 27 heavy (non-hydrogen) atoms. The second kappa shape index (κ2) is 6.69. The van der Waals surface area contributed by atoms with E-state index in [4.69, 9.17) is 0 Å². The number of fused-ring (bicyclic) bond motifs is 3. The van der Waals surface area contributed by atoms with Crippen LogP contribution < -0.4 is 5.32 Å². The molecule has 0 atom stereocenters. The Kier molecular flexibility index (Phi) is 4.34. The Morgan fingerprint density at radius 1 is 1.11 bits per heavy atom. The quantitative estimate of drug-likeness (QED) is 0.549. The van der Waals surface area contributed by atoms with E-state index in [0.29, 0.717) is 12.1 Å². The van der Waals surface area contributed by atoms with Gasteiger partial charge in [-0.25, -0.2) is 0 Å². The molecule has 1 aliphatic rings. The van der Waals surface area contributed by atoms with Gasteiger partial charge in [-0.2, -0.15) is 5.10 Å². The van der Waals surface area contributed by atoms with Gasteiger partial charge < -0.3 is 5.32 Å². The number of rotatable bonds is 4. The SMILES string of the molecule is CC(C)(C)CCNC(=O)c1ccc(-c2n[nH]c3c2Cc2ccccc2-3)cc1. The van der Waals surface area contributed by atoms with Crippen molar-refractivity contribution in [2.24, 2.45) is 5.41 Å². The second-order valence-corrected chi connectivity index (χ2v) is 8.40. The number of hydrogen-bond acceptors (Lipinski definition) is 2. The molecule has 138 valence electrons. The molecule has 1 aromatic heterocycles. The topological polar surface area (TPSA) is 57.8 Å². The summed E-state index contributed by atoms with van der Waals surface area (Å²) < 4.78 is 0. The molecule has 0 fully saturated rings. The van der Waals surface area contributed by atoms with E-state index in [-0.39, 0.29) is 11.3 Å². The summed E-state index contributed by atoms with van der Waals surface area (Å²) in [6.07, 6.45) is 1.85. The van der Waals surface area contributed by atoms with Crippen molar-refractivity contribution >= 4 is 5.91 Å². The molecule has 4 nitrogen and oxygen atoms in total. The number of H-pyrrole nitrogens is 1. The van der Waals surface area contributed by atoms with Gasteiger partial charge >= 0.3 is 0 Å². The van der Waals surface area contributed by atoms with Crippen LogP contribution in [-0.2, 0) is 6.42 Å². The summed E-state index contributed by atoms with van der Waals surface area (Å²) in [5.74, 6) is -0.0227. The van der Waals surface area contributed by atoms with Crippen molar-refractivity contribution in [3.63, 3.8) is 0 Å². The van der Waals surface area contributed by atoms with Gasteiger partial charge in [-0.05, 0) is 29.5 Å². The number of carbonyl (C=O) groups is 1. The fourth-order valence-corrected chi connectivity index (χ4v) is 3.54. The molecule has 2 N–H and O–H groups in total.